The number of amides is 1. The van der Waals surface area contributed by atoms with Gasteiger partial charge < -0.3 is 14.4 Å². The number of fused-ring (bicyclic) bond motifs is 1. The molecule has 2 aromatic carbocycles. The topological polar surface area (TPSA) is 51.7 Å². The number of thiazole rings is 1. The highest BCUT2D eigenvalue weighted by Gasteiger charge is 2.35. The fraction of sp³-hybridized carbons (Fsp3) is 0.385. The number of benzene rings is 2. The molecule has 1 aliphatic carbocycles. The molecular formula is C26H28N2O3S. The molecule has 0 bridgehead atoms. The fourth-order valence-corrected chi connectivity index (χ4v) is 5.57. The van der Waals surface area contributed by atoms with Gasteiger partial charge in [0.15, 0.2) is 11.5 Å². The molecule has 1 aromatic heterocycles. The standard InChI is InChI=1S/C26H28N2O3S/c1-16-13-28(26(29)23-15-32-17(2)27-23)14-22(16)20-8-9-24(30-3)25(12-20)31-21-10-18-6-4-5-7-19(18)11-21/h4-9,12,15-16,21-22H,10-11,13-14H2,1-3H3/t16-,22+/m1/s1. The van der Waals surface area contributed by atoms with Gasteiger partial charge in [-0.15, -0.1) is 11.3 Å². The van der Waals surface area contributed by atoms with Crippen molar-refractivity contribution in [3.63, 3.8) is 0 Å². The van der Waals surface area contributed by atoms with Crippen LogP contribution in [-0.2, 0) is 12.8 Å². The summed E-state index contributed by atoms with van der Waals surface area (Å²) in [6.07, 6.45) is 1.95. The summed E-state index contributed by atoms with van der Waals surface area (Å²) in [6.45, 7) is 5.57. The van der Waals surface area contributed by atoms with Crippen molar-refractivity contribution >= 4 is 17.2 Å². The fourth-order valence-electron chi connectivity index (χ4n) is 4.99. The molecule has 0 saturated carbocycles. The molecule has 0 radical (unpaired) electrons. The number of ether oxygens (including phenoxy) is 2. The van der Waals surface area contributed by atoms with Gasteiger partial charge in [0.05, 0.1) is 12.1 Å². The molecule has 0 spiro atoms. The van der Waals surface area contributed by atoms with Crippen LogP contribution in [0, 0.1) is 12.8 Å². The highest BCUT2D eigenvalue weighted by atomic mass is 32.1. The Balaban J connectivity index is 1.33. The summed E-state index contributed by atoms with van der Waals surface area (Å²) in [5.41, 5.74) is 4.47. The summed E-state index contributed by atoms with van der Waals surface area (Å²) in [5.74, 6) is 2.18. The molecule has 2 atom stereocenters. The number of carbonyl (C=O) groups is 1. The van der Waals surface area contributed by atoms with E-state index in [-0.39, 0.29) is 17.9 Å². The molecule has 1 saturated heterocycles. The zero-order valence-corrected chi connectivity index (χ0v) is 19.5. The van der Waals surface area contributed by atoms with Gasteiger partial charge >= 0.3 is 0 Å². The maximum atomic E-state index is 12.9. The Morgan fingerprint density at radius 1 is 1.09 bits per heavy atom. The molecule has 1 fully saturated rings. The molecule has 5 nitrogen and oxygen atoms in total. The van der Waals surface area contributed by atoms with Crippen LogP contribution in [0.4, 0.5) is 0 Å². The number of carbonyl (C=O) groups excluding carboxylic acids is 1. The normalized spacial score (nSPS) is 20.4. The lowest BCUT2D eigenvalue weighted by Gasteiger charge is -2.20. The summed E-state index contributed by atoms with van der Waals surface area (Å²) < 4.78 is 12.0. The van der Waals surface area contributed by atoms with E-state index in [4.69, 9.17) is 9.47 Å². The summed E-state index contributed by atoms with van der Waals surface area (Å²) in [6, 6.07) is 14.8. The lowest BCUT2D eigenvalue weighted by Crippen LogP contribution is -2.29. The molecule has 2 heterocycles. The van der Waals surface area contributed by atoms with Crippen LogP contribution in [0.2, 0.25) is 0 Å². The van der Waals surface area contributed by atoms with Gasteiger partial charge in [-0.25, -0.2) is 4.98 Å². The predicted molar refractivity (Wildman–Crippen MR) is 126 cm³/mol. The first-order valence-corrected chi connectivity index (χ1v) is 12.0. The molecule has 5 rings (SSSR count). The maximum Gasteiger partial charge on any atom is 0.273 e. The summed E-state index contributed by atoms with van der Waals surface area (Å²) in [4.78, 5) is 19.2. The van der Waals surface area contributed by atoms with Gasteiger partial charge in [0.25, 0.3) is 5.91 Å². The highest BCUT2D eigenvalue weighted by molar-refractivity contribution is 7.09. The van der Waals surface area contributed by atoms with Crippen molar-refractivity contribution in [3.8, 4) is 11.5 Å². The van der Waals surface area contributed by atoms with Gasteiger partial charge in [-0.2, -0.15) is 0 Å². The van der Waals surface area contributed by atoms with Gasteiger partial charge in [0.2, 0.25) is 0 Å². The smallest absolute Gasteiger partial charge is 0.273 e. The summed E-state index contributed by atoms with van der Waals surface area (Å²) in [5, 5.41) is 2.78. The van der Waals surface area contributed by atoms with Crippen molar-refractivity contribution in [3.05, 3.63) is 75.2 Å². The van der Waals surface area contributed by atoms with E-state index in [0.29, 0.717) is 18.2 Å². The second-order valence-electron chi connectivity index (χ2n) is 8.87. The third kappa shape index (κ3) is 3.99. The van der Waals surface area contributed by atoms with Gasteiger partial charge in [0, 0.05) is 37.2 Å². The molecule has 2 aliphatic rings. The molecular weight excluding hydrogens is 420 g/mol. The Kier molecular flexibility index (Phi) is 5.64. The minimum atomic E-state index is 0.0254. The van der Waals surface area contributed by atoms with E-state index < -0.39 is 0 Å². The summed E-state index contributed by atoms with van der Waals surface area (Å²) >= 11 is 1.52. The lowest BCUT2D eigenvalue weighted by molar-refractivity contribution is 0.0781. The molecule has 3 aromatic rings. The SMILES string of the molecule is COc1ccc([C@H]2CN(C(=O)c3csc(C)n3)C[C@H]2C)cc1OC1Cc2ccccc2C1. The van der Waals surface area contributed by atoms with Gasteiger partial charge in [-0.3, -0.25) is 4.79 Å². The van der Waals surface area contributed by atoms with Crippen molar-refractivity contribution in [1.29, 1.82) is 0 Å². The van der Waals surface area contributed by atoms with E-state index in [0.717, 1.165) is 35.9 Å². The van der Waals surface area contributed by atoms with E-state index >= 15 is 0 Å². The van der Waals surface area contributed by atoms with Crippen LogP contribution >= 0.6 is 11.3 Å². The largest absolute Gasteiger partial charge is 0.493 e. The molecule has 0 N–H and O–H groups in total. The van der Waals surface area contributed by atoms with Crippen LogP contribution in [0.25, 0.3) is 0 Å². The second-order valence-corrected chi connectivity index (χ2v) is 9.94. The summed E-state index contributed by atoms with van der Waals surface area (Å²) in [7, 11) is 1.68. The first-order valence-electron chi connectivity index (χ1n) is 11.1. The van der Waals surface area contributed by atoms with E-state index in [1.54, 1.807) is 7.11 Å². The van der Waals surface area contributed by atoms with Crippen LogP contribution in [-0.4, -0.2) is 42.1 Å². The van der Waals surface area contributed by atoms with Crippen molar-refractivity contribution in [2.45, 2.75) is 38.7 Å². The lowest BCUT2D eigenvalue weighted by atomic mass is 9.90. The van der Waals surface area contributed by atoms with Crippen LogP contribution in [0.1, 0.15) is 45.0 Å². The molecule has 1 aliphatic heterocycles. The zero-order valence-electron chi connectivity index (χ0n) is 18.7. The quantitative estimate of drug-likeness (QED) is 0.558. The Morgan fingerprint density at radius 2 is 1.84 bits per heavy atom. The van der Waals surface area contributed by atoms with Crippen LogP contribution in [0.5, 0.6) is 11.5 Å². The van der Waals surface area contributed by atoms with E-state index in [1.807, 2.05) is 23.3 Å². The van der Waals surface area contributed by atoms with Crippen molar-refractivity contribution in [2.24, 2.45) is 5.92 Å². The number of hydrogen-bond acceptors (Lipinski definition) is 5. The predicted octanol–water partition coefficient (Wildman–Crippen LogP) is 4.88. The average Bonchev–Trinajstić information content (AvgIpc) is 3.51. The van der Waals surface area contributed by atoms with Crippen molar-refractivity contribution < 1.29 is 14.3 Å². The van der Waals surface area contributed by atoms with Crippen molar-refractivity contribution in [1.82, 2.24) is 9.88 Å². The second kappa shape index (κ2) is 8.58. The van der Waals surface area contributed by atoms with E-state index in [2.05, 4.69) is 48.3 Å². The first-order chi connectivity index (χ1) is 15.5. The Labute approximate surface area is 193 Å². The minimum absolute atomic E-state index is 0.0254. The van der Waals surface area contributed by atoms with Gasteiger partial charge in [-0.1, -0.05) is 37.3 Å². The number of methoxy groups -OCH3 is 1. The molecule has 1 amide bonds. The van der Waals surface area contributed by atoms with Crippen LogP contribution in [0.15, 0.2) is 47.8 Å². The number of nitrogens with zero attached hydrogens (tertiary/aromatic N) is 2. The maximum absolute atomic E-state index is 12.9. The van der Waals surface area contributed by atoms with Gasteiger partial charge in [0.1, 0.15) is 11.8 Å². The number of aryl methyl sites for hydroxylation is 1. The molecule has 6 heteroatoms. The highest BCUT2D eigenvalue weighted by Crippen LogP contribution is 2.39. The molecule has 32 heavy (non-hydrogen) atoms. The number of hydrogen-bond donors (Lipinski definition) is 0. The number of likely N-dealkylation sites (tertiary alicyclic amines) is 1. The molecule has 166 valence electrons. The zero-order chi connectivity index (χ0) is 22.2. The third-order valence-electron chi connectivity index (χ3n) is 6.66. The van der Waals surface area contributed by atoms with Crippen molar-refractivity contribution in [2.75, 3.05) is 20.2 Å². The number of rotatable bonds is 5. The van der Waals surface area contributed by atoms with E-state index in [1.165, 1.54) is 28.0 Å². The van der Waals surface area contributed by atoms with E-state index in [9.17, 15) is 4.79 Å². The van der Waals surface area contributed by atoms with Crippen LogP contribution < -0.4 is 9.47 Å². The minimum Gasteiger partial charge on any atom is -0.493 e. The average molecular weight is 449 g/mol. The molecule has 0 unspecified atom stereocenters. The Morgan fingerprint density at radius 3 is 2.50 bits per heavy atom. The van der Waals surface area contributed by atoms with Gasteiger partial charge in [-0.05, 0) is 41.7 Å². The Hall–Kier alpha value is -2.86. The Bertz CT molecular complexity index is 1120. The third-order valence-corrected chi connectivity index (χ3v) is 7.43. The first kappa shape index (κ1) is 21.0. The monoisotopic (exact) mass is 448 g/mol. The number of aromatic nitrogens is 1. The van der Waals surface area contributed by atoms with Crippen LogP contribution in [0.3, 0.4) is 0 Å².